The summed E-state index contributed by atoms with van der Waals surface area (Å²) in [5.74, 6) is 0. The zero-order valence-electron chi connectivity index (χ0n) is 8.86. The molecule has 2 aromatic heterocycles. The number of hydrogen-bond acceptors (Lipinski definition) is 4. The van der Waals surface area contributed by atoms with Crippen molar-refractivity contribution in [3.8, 4) is 0 Å². The van der Waals surface area contributed by atoms with Crippen LogP contribution in [0.3, 0.4) is 0 Å². The Morgan fingerprint density at radius 1 is 1.47 bits per heavy atom. The topological polar surface area (TPSA) is 24.9 Å². The van der Waals surface area contributed by atoms with Crippen molar-refractivity contribution in [2.45, 2.75) is 19.9 Å². The summed E-state index contributed by atoms with van der Waals surface area (Å²) in [6.45, 7) is 5.12. The van der Waals surface area contributed by atoms with Crippen molar-refractivity contribution < 1.29 is 0 Å². The summed E-state index contributed by atoms with van der Waals surface area (Å²) in [6, 6.07) is 4.52. The van der Waals surface area contributed by atoms with Gasteiger partial charge in [-0.1, -0.05) is 13.0 Å². The van der Waals surface area contributed by atoms with E-state index in [-0.39, 0.29) is 6.04 Å². The molecule has 1 atom stereocenters. The van der Waals surface area contributed by atoms with E-state index in [2.05, 4.69) is 40.1 Å². The SMILES string of the molecule is CCNC(c1cccs1)c1nc(C)cs1. The van der Waals surface area contributed by atoms with Crippen LogP contribution in [0, 0.1) is 6.92 Å². The lowest BCUT2D eigenvalue weighted by molar-refractivity contribution is 0.635. The Morgan fingerprint density at radius 2 is 2.33 bits per heavy atom. The third-order valence-corrected chi connectivity index (χ3v) is 4.08. The first-order valence-corrected chi connectivity index (χ1v) is 6.76. The third-order valence-electron chi connectivity index (χ3n) is 2.12. The smallest absolute Gasteiger partial charge is 0.115 e. The first kappa shape index (κ1) is 10.8. The largest absolute Gasteiger partial charge is 0.304 e. The van der Waals surface area contributed by atoms with Crippen LogP contribution in [0.15, 0.2) is 22.9 Å². The second-order valence-electron chi connectivity index (χ2n) is 3.33. The van der Waals surface area contributed by atoms with Gasteiger partial charge in [0, 0.05) is 16.0 Å². The minimum atomic E-state index is 0.272. The van der Waals surface area contributed by atoms with Crippen molar-refractivity contribution in [2.75, 3.05) is 6.54 Å². The number of rotatable bonds is 4. The predicted molar refractivity (Wildman–Crippen MR) is 66.7 cm³/mol. The highest BCUT2D eigenvalue weighted by Gasteiger charge is 2.16. The molecule has 4 heteroatoms. The zero-order valence-corrected chi connectivity index (χ0v) is 10.5. The number of aromatic nitrogens is 1. The summed E-state index contributed by atoms with van der Waals surface area (Å²) < 4.78 is 0. The van der Waals surface area contributed by atoms with Gasteiger partial charge < -0.3 is 5.32 Å². The van der Waals surface area contributed by atoms with Gasteiger partial charge in [0.1, 0.15) is 5.01 Å². The van der Waals surface area contributed by atoms with Gasteiger partial charge in [0.05, 0.1) is 6.04 Å². The molecule has 0 fully saturated rings. The van der Waals surface area contributed by atoms with Crippen molar-refractivity contribution >= 4 is 22.7 Å². The van der Waals surface area contributed by atoms with Gasteiger partial charge >= 0.3 is 0 Å². The van der Waals surface area contributed by atoms with E-state index in [0.29, 0.717) is 0 Å². The standard InChI is InChI=1S/C11H14N2S2/c1-3-12-10(9-5-4-6-14-9)11-13-8(2)7-15-11/h4-7,10,12H,3H2,1-2H3. The number of thiazole rings is 1. The Morgan fingerprint density at radius 3 is 2.87 bits per heavy atom. The van der Waals surface area contributed by atoms with Gasteiger partial charge in [-0.3, -0.25) is 0 Å². The van der Waals surface area contributed by atoms with Crippen molar-refractivity contribution in [1.29, 1.82) is 0 Å². The van der Waals surface area contributed by atoms with Gasteiger partial charge in [0.15, 0.2) is 0 Å². The van der Waals surface area contributed by atoms with Crippen LogP contribution >= 0.6 is 22.7 Å². The number of thiophene rings is 1. The van der Waals surface area contributed by atoms with Crippen LogP contribution in [0.5, 0.6) is 0 Å². The minimum Gasteiger partial charge on any atom is -0.304 e. The van der Waals surface area contributed by atoms with Crippen LogP contribution in [0.4, 0.5) is 0 Å². The monoisotopic (exact) mass is 238 g/mol. The van der Waals surface area contributed by atoms with E-state index >= 15 is 0 Å². The molecule has 2 heterocycles. The molecule has 80 valence electrons. The van der Waals surface area contributed by atoms with Crippen LogP contribution in [0.25, 0.3) is 0 Å². The number of hydrogen-bond donors (Lipinski definition) is 1. The van der Waals surface area contributed by atoms with E-state index in [1.165, 1.54) is 4.88 Å². The fourth-order valence-electron chi connectivity index (χ4n) is 1.47. The van der Waals surface area contributed by atoms with Crippen LogP contribution < -0.4 is 5.32 Å². The Kier molecular flexibility index (Phi) is 3.51. The fraction of sp³-hybridized carbons (Fsp3) is 0.364. The van der Waals surface area contributed by atoms with Crippen LogP contribution in [0.1, 0.15) is 28.5 Å². The summed E-state index contributed by atoms with van der Waals surface area (Å²) in [7, 11) is 0. The summed E-state index contributed by atoms with van der Waals surface area (Å²) in [5.41, 5.74) is 1.11. The van der Waals surface area contributed by atoms with E-state index in [9.17, 15) is 0 Å². The summed E-state index contributed by atoms with van der Waals surface area (Å²) in [4.78, 5) is 5.89. The average Bonchev–Trinajstić information content (AvgIpc) is 2.85. The molecule has 0 amide bonds. The lowest BCUT2D eigenvalue weighted by atomic mass is 10.2. The van der Waals surface area contributed by atoms with Gasteiger partial charge in [0.25, 0.3) is 0 Å². The highest BCUT2D eigenvalue weighted by Crippen LogP contribution is 2.27. The van der Waals surface area contributed by atoms with Gasteiger partial charge in [-0.25, -0.2) is 4.98 Å². The predicted octanol–water partition coefficient (Wildman–Crippen LogP) is 3.21. The maximum absolute atomic E-state index is 4.55. The van der Waals surface area contributed by atoms with E-state index in [0.717, 1.165) is 17.2 Å². The highest BCUT2D eigenvalue weighted by atomic mass is 32.1. The first-order valence-electron chi connectivity index (χ1n) is 5.00. The van der Waals surface area contributed by atoms with E-state index in [4.69, 9.17) is 0 Å². The normalized spacial score (nSPS) is 12.9. The van der Waals surface area contributed by atoms with E-state index < -0.39 is 0 Å². The van der Waals surface area contributed by atoms with E-state index in [1.54, 1.807) is 22.7 Å². The maximum Gasteiger partial charge on any atom is 0.115 e. The Bertz CT molecular complexity index is 406. The summed E-state index contributed by atoms with van der Waals surface area (Å²) in [6.07, 6.45) is 0. The van der Waals surface area contributed by atoms with Gasteiger partial charge in [-0.05, 0) is 24.9 Å². The van der Waals surface area contributed by atoms with Gasteiger partial charge in [0.2, 0.25) is 0 Å². The van der Waals surface area contributed by atoms with E-state index in [1.807, 2.05) is 6.92 Å². The first-order chi connectivity index (χ1) is 7.31. The van der Waals surface area contributed by atoms with Crippen LogP contribution in [-0.4, -0.2) is 11.5 Å². The Labute approximate surface area is 98.0 Å². The van der Waals surface area contributed by atoms with Gasteiger partial charge in [-0.15, -0.1) is 22.7 Å². The van der Waals surface area contributed by atoms with Crippen molar-refractivity contribution in [1.82, 2.24) is 10.3 Å². The summed E-state index contributed by atoms with van der Waals surface area (Å²) >= 11 is 3.51. The molecule has 2 nitrogen and oxygen atoms in total. The maximum atomic E-state index is 4.55. The second kappa shape index (κ2) is 4.88. The number of nitrogens with zero attached hydrogens (tertiary/aromatic N) is 1. The molecule has 1 unspecified atom stereocenters. The third kappa shape index (κ3) is 2.45. The average molecular weight is 238 g/mol. The molecular formula is C11H14N2S2. The molecule has 0 saturated heterocycles. The van der Waals surface area contributed by atoms with Crippen molar-refractivity contribution in [3.63, 3.8) is 0 Å². The molecule has 0 aliphatic carbocycles. The van der Waals surface area contributed by atoms with Crippen molar-refractivity contribution in [2.24, 2.45) is 0 Å². The minimum absolute atomic E-state index is 0.272. The quantitative estimate of drug-likeness (QED) is 0.884. The molecule has 0 aromatic carbocycles. The Balaban J connectivity index is 2.27. The highest BCUT2D eigenvalue weighted by molar-refractivity contribution is 7.11. The molecule has 15 heavy (non-hydrogen) atoms. The lowest BCUT2D eigenvalue weighted by Crippen LogP contribution is -2.20. The zero-order chi connectivity index (χ0) is 10.7. The van der Waals surface area contributed by atoms with Crippen molar-refractivity contribution in [3.05, 3.63) is 38.5 Å². The molecule has 0 saturated carbocycles. The molecule has 0 aliphatic heterocycles. The molecule has 0 spiro atoms. The number of nitrogens with one attached hydrogen (secondary N) is 1. The second-order valence-corrected chi connectivity index (χ2v) is 5.20. The lowest BCUT2D eigenvalue weighted by Gasteiger charge is -2.13. The molecule has 1 N–H and O–H groups in total. The molecular weight excluding hydrogens is 224 g/mol. The summed E-state index contributed by atoms with van der Waals surface area (Å²) in [5, 5.41) is 8.85. The molecule has 0 radical (unpaired) electrons. The fourth-order valence-corrected chi connectivity index (χ4v) is 3.24. The molecule has 2 aromatic rings. The van der Waals surface area contributed by atoms with Gasteiger partial charge in [-0.2, -0.15) is 0 Å². The van der Waals surface area contributed by atoms with Crippen LogP contribution in [0.2, 0.25) is 0 Å². The van der Waals surface area contributed by atoms with Crippen LogP contribution in [-0.2, 0) is 0 Å². The Hall–Kier alpha value is -0.710. The molecule has 0 aliphatic rings. The molecule has 2 rings (SSSR count). The number of aryl methyl sites for hydroxylation is 1. The molecule has 0 bridgehead atoms.